The van der Waals surface area contributed by atoms with Crippen molar-refractivity contribution < 1.29 is 14.6 Å². The lowest BCUT2D eigenvalue weighted by atomic mass is 9.84. The number of aliphatic hydroxyl groups excluding tert-OH is 1. The molecule has 0 saturated heterocycles. The molecule has 1 aromatic carbocycles. The lowest BCUT2D eigenvalue weighted by Gasteiger charge is -2.35. The molecule has 1 saturated carbocycles. The van der Waals surface area contributed by atoms with Crippen LogP contribution >= 0.6 is 0 Å². The molecule has 0 radical (unpaired) electrons. The number of likely N-dealkylation sites (N-methyl/N-ethyl adjacent to an activating group) is 1. The van der Waals surface area contributed by atoms with Crippen molar-refractivity contribution in [3.63, 3.8) is 0 Å². The van der Waals surface area contributed by atoms with Gasteiger partial charge < -0.3 is 14.7 Å². The molecule has 1 N–H and O–H groups in total. The van der Waals surface area contributed by atoms with Gasteiger partial charge in [0, 0.05) is 26.1 Å². The van der Waals surface area contributed by atoms with E-state index in [0.717, 1.165) is 19.3 Å². The molecule has 3 rings (SSSR count). The Labute approximate surface area is 132 Å². The van der Waals surface area contributed by atoms with Crippen LogP contribution in [-0.2, 0) is 22.4 Å². The first-order valence-corrected chi connectivity index (χ1v) is 8.14. The Morgan fingerprint density at radius 1 is 1.23 bits per heavy atom. The zero-order chi connectivity index (χ0) is 15.7. The molecule has 0 spiro atoms. The van der Waals surface area contributed by atoms with Crippen molar-refractivity contribution >= 4 is 5.91 Å². The van der Waals surface area contributed by atoms with Gasteiger partial charge in [0.05, 0.1) is 12.2 Å². The summed E-state index contributed by atoms with van der Waals surface area (Å²) in [7, 11) is 3.53. The molecule has 1 aromatic rings. The highest BCUT2D eigenvalue weighted by Gasteiger charge is 2.36. The van der Waals surface area contributed by atoms with Crippen molar-refractivity contribution in [1.29, 1.82) is 0 Å². The number of rotatable bonds is 3. The van der Waals surface area contributed by atoms with Crippen LogP contribution in [0, 0.1) is 5.92 Å². The largest absolute Gasteiger partial charge is 0.390 e. The number of methoxy groups -OCH3 is 1. The fourth-order valence-corrected chi connectivity index (χ4v) is 3.87. The number of hydrogen-bond acceptors (Lipinski definition) is 3. The highest BCUT2D eigenvalue weighted by atomic mass is 16.5. The van der Waals surface area contributed by atoms with Crippen LogP contribution in [-0.4, -0.2) is 48.3 Å². The zero-order valence-electron chi connectivity index (χ0n) is 13.4. The minimum atomic E-state index is -0.435. The van der Waals surface area contributed by atoms with Gasteiger partial charge in [-0.3, -0.25) is 4.79 Å². The smallest absolute Gasteiger partial charge is 0.225 e. The van der Waals surface area contributed by atoms with Crippen LogP contribution in [0.1, 0.15) is 30.4 Å². The molecule has 4 nitrogen and oxygen atoms in total. The Balaban J connectivity index is 1.63. The SMILES string of the molecule is CO[C@@H]1C[C@H](C(=O)N(C)C2Cc3ccccc3C2)CC[C@@H]1O. The fraction of sp³-hybridized carbons (Fsp3) is 0.611. The monoisotopic (exact) mass is 303 g/mol. The predicted octanol–water partition coefficient (Wildman–Crippen LogP) is 1.79. The molecule has 2 aliphatic carbocycles. The van der Waals surface area contributed by atoms with Gasteiger partial charge in [0.1, 0.15) is 0 Å². The molecular weight excluding hydrogens is 278 g/mol. The number of hydrogen-bond donors (Lipinski definition) is 1. The van der Waals surface area contributed by atoms with Gasteiger partial charge in [0.2, 0.25) is 5.91 Å². The van der Waals surface area contributed by atoms with Gasteiger partial charge in [-0.1, -0.05) is 24.3 Å². The number of carbonyl (C=O) groups is 1. The van der Waals surface area contributed by atoms with E-state index in [2.05, 4.69) is 24.3 Å². The first-order chi connectivity index (χ1) is 10.6. The minimum absolute atomic E-state index is 0.0259. The average Bonchev–Trinajstić information content (AvgIpc) is 2.98. The zero-order valence-corrected chi connectivity index (χ0v) is 13.4. The summed E-state index contributed by atoms with van der Waals surface area (Å²) in [5, 5.41) is 9.89. The van der Waals surface area contributed by atoms with E-state index in [0.29, 0.717) is 12.8 Å². The number of fused-ring (bicyclic) bond motifs is 1. The molecule has 120 valence electrons. The van der Waals surface area contributed by atoms with E-state index in [-0.39, 0.29) is 24.0 Å². The van der Waals surface area contributed by atoms with Crippen molar-refractivity contribution in [3.8, 4) is 0 Å². The summed E-state index contributed by atoms with van der Waals surface area (Å²) in [6.07, 6.45) is 3.27. The van der Waals surface area contributed by atoms with Crippen LogP contribution in [0.4, 0.5) is 0 Å². The number of carbonyl (C=O) groups excluding carboxylic acids is 1. The third-order valence-corrected chi connectivity index (χ3v) is 5.33. The van der Waals surface area contributed by atoms with Crippen LogP contribution in [0.2, 0.25) is 0 Å². The van der Waals surface area contributed by atoms with Crippen LogP contribution < -0.4 is 0 Å². The summed E-state index contributed by atoms with van der Waals surface area (Å²) in [5.74, 6) is 0.175. The van der Waals surface area contributed by atoms with Gasteiger partial charge >= 0.3 is 0 Å². The molecule has 0 heterocycles. The van der Waals surface area contributed by atoms with Gasteiger partial charge in [0.25, 0.3) is 0 Å². The molecule has 1 amide bonds. The molecule has 0 aromatic heterocycles. The van der Waals surface area contributed by atoms with Crippen molar-refractivity contribution in [2.75, 3.05) is 14.2 Å². The highest BCUT2D eigenvalue weighted by molar-refractivity contribution is 5.79. The Morgan fingerprint density at radius 3 is 2.45 bits per heavy atom. The maximum Gasteiger partial charge on any atom is 0.225 e. The fourth-order valence-electron chi connectivity index (χ4n) is 3.87. The third kappa shape index (κ3) is 2.90. The Kier molecular flexibility index (Phi) is 4.50. The molecule has 0 bridgehead atoms. The average molecular weight is 303 g/mol. The quantitative estimate of drug-likeness (QED) is 0.926. The normalized spacial score (nSPS) is 28.4. The maximum atomic E-state index is 12.8. The van der Waals surface area contributed by atoms with Gasteiger partial charge in [-0.25, -0.2) is 0 Å². The van der Waals surface area contributed by atoms with Gasteiger partial charge in [-0.15, -0.1) is 0 Å². The van der Waals surface area contributed by atoms with Crippen molar-refractivity contribution in [2.24, 2.45) is 5.92 Å². The van der Waals surface area contributed by atoms with Gasteiger partial charge in [-0.05, 0) is 43.2 Å². The number of ether oxygens (including phenoxy) is 1. The molecular formula is C18H25NO3. The first kappa shape index (κ1) is 15.5. The van der Waals surface area contributed by atoms with Crippen LogP contribution in [0.25, 0.3) is 0 Å². The van der Waals surface area contributed by atoms with E-state index in [4.69, 9.17) is 4.74 Å². The Bertz CT molecular complexity index is 520. The standard InChI is InChI=1S/C18H25NO3/c1-19(15-9-12-5-3-4-6-13(12)10-15)18(21)14-7-8-16(20)17(11-14)22-2/h3-6,14-17,20H,7-11H2,1-2H3/t14-,16+,17-/m1/s1. The van der Waals surface area contributed by atoms with E-state index < -0.39 is 6.10 Å². The van der Waals surface area contributed by atoms with Crippen molar-refractivity contribution in [1.82, 2.24) is 4.90 Å². The summed E-state index contributed by atoms with van der Waals surface area (Å²) >= 11 is 0. The first-order valence-electron chi connectivity index (χ1n) is 8.14. The van der Waals surface area contributed by atoms with Crippen LogP contribution in [0.5, 0.6) is 0 Å². The molecule has 4 heteroatoms. The second-order valence-corrected chi connectivity index (χ2v) is 6.63. The molecule has 2 aliphatic rings. The molecule has 22 heavy (non-hydrogen) atoms. The summed E-state index contributed by atoms with van der Waals surface area (Å²) in [4.78, 5) is 14.7. The number of nitrogens with zero attached hydrogens (tertiary/aromatic N) is 1. The number of amides is 1. The lowest BCUT2D eigenvalue weighted by molar-refractivity contribution is -0.141. The van der Waals surface area contributed by atoms with Crippen molar-refractivity contribution in [3.05, 3.63) is 35.4 Å². The van der Waals surface area contributed by atoms with Crippen LogP contribution in [0.15, 0.2) is 24.3 Å². The summed E-state index contributed by atoms with van der Waals surface area (Å²) in [6.45, 7) is 0. The molecule has 0 unspecified atom stereocenters. The van der Waals surface area contributed by atoms with E-state index in [1.54, 1.807) is 7.11 Å². The number of benzene rings is 1. The molecule has 3 atom stereocenters. The summed E-state index contributed by atoms with van der Waals surface area (Å²) < 4.78 is 5.32. The van der Waals surface area contributed by atoms with E-state index in [9.17, 15) is 9.90 Å². The molecule has 0 aliphatic heterocycles. The second-order valence-electron chi connectivity index (χ2n) is 6.63. The van der Waals surface area contributed by atoms with Crippen LogP contribution in [0.3, 0.4) is 0 Å². The predicted molar refractivity (Wildman–Crippen MR) is 84.6 cm³/mol. The topological polar surface area (TPSA) is 49.8 Å². The second kappa shape index (κ2) is 6.39. The van der Waals surface area contributed by atoms with Crippen molar-refractivity contribution in [2.45, 2.75) is 50.4 Å². The minimum Gasteiger partial charge on any atom is -0.390 e. The third-order valence-electron chi connectivity index (χ3n) is 5.33. The highest BCUT2D eigenvalue weighted by Crippen LogP contribution is 2.30. The maximum absolute atomic E-state index is 12.8. The summed E-state index contributed by atoms with van der Waals surface area (Å²) in [5.41, 5.74) is 2.72. The Hall–Kier alpha value is -1.39. The summed E-state index contributed by atoms with van der Waals surface area (Å²) in [6, 6.07) is 8.71. The van der Waals surface area contributed by atoms with E-state index in [1.165, 1.54) is 11.1 Å². The molecule has 1 fully saturated rings. The van der Waals surface area contributed by atoms with Gasteiger partial charge in [-0.2, -0.15) is 0 Å². The Morgan fingerprint density at radius 2 is 1.86 bits per heavy atom. The van der Waals surface area contributed by atoms with Gasteiger partial charge in [0.15, 0.2) is 0 Å². The van der Waals surface area contributed by atoms with E-state index >= 15 is 0 Å². The van der Waals surface area contributed by atoms with E-state index in [1.807, 2.05) is 11.9 Å². The number of aliphatic hydroxyl groups is 1. The lowest BCUT2D eigenvalue weighted by Crippen LogP contribution is -2.45.